The van der Waals surface area contributed by atoms with Crippen LogP contribution in [0.4, 0.5) is 4.79 Å². The fourth-order valence-corrected chi connectivity index (χ4v) is 3.09. The van der Waals surface area contributed by atoms with Gasteiger partial charge in [0.05, 0.1) is 12.2 Å². The molecule has 0 atom stereocenters. The molecule has 0 bridgehead atoms. The van der Waals surface area contributed by atoms with Crippen LogP contribution in [0.15, 0.2) is 30.5 Å². The Morgan fingerprint density at radius 2 is 1.68 bits per heavy atom. The van der Waals surface area contributed by atoms with E-state index < -0.39 is 11.7 Å². The highest BCUT2D eigenvalue weighted by Gasteiger charge is 2.30. The number of ether oxygens (including phenoxy) is 1. The molecule has 2 aromatic rings. The van der Waals surface area contributed by atoms with Gasteiger partial charge in [0.2, 0.25) is 0 Å². The van der Waals surface area contributed by atoms with Crippen molar-refractivity contribution in [3.05, 3.63) is 36.0 Å². The Balaban J connectivity index is 1.71. The first-order valence-corrected chi connectivity index (χ1v) is 8.32. The van der Waals surface area contributed by atoms with Crippen LogP contribution in [0.5, 0.6) is 0 Å². The van der Waals surface area contributed by atoms with E-state index in [1.165, 1.54) is 4.90 Å². The summed E-state index contributed by atoms with van der Waals surface area (Å²) >= 11 is 0. The van der Waals surface area contributed by atoms with Crippen molar-refractivity contribution in [2.24, 2.45) is 7.05 Å². The molecule has 1 saturated heterocycles. The average Bonchev–Trinajstić information content (AvgIpc) is 2.98. The lowest BCUT2D eigenvalue weighted by Crippen LogP contribution is -2.52. The number of aromatic nitrogens is 1. The fraction of sp³-hybridized carbons (Fsp3) is 0.389. The van der Waals surface area contributed by atoms with Crippen molar-refractivity contribution in [2.75, 3.05) is 32.8 Å². The van der Waals surface area contributed by atoms with Crippen molar-refractivity contribution in [1.82, 2.24) is 14.4 Å². The van der Waals surface area contributed by atoms with Crippen molar-refractivity contribution >= 4 is 28.7 Å². The van der Waals surface area contributed by atoms with Gasteiger partial charge in [0.15, 0.2) is 0 Å². The van der Waals surface area contributed by atoms with Gasteiger partial charge in [0.1, 0.15) is 0 Å². The second-order valence-electron chi connectivity index (χ2n) is 5.98. The van der Waals surface area contributed by atoms with E-state index in [0.717, 1.165) is 10.9 Å². The van der Waals surface area contributed by atoms with E-state index in [9.17, 15) is 14.4 Å². The lowest BCUT2D eigenvalue weighted by molar-refractivity contribution is -0.128. The first-order chi connectivity index (χ1) is 12.0. The number of rotatable bonds is 3. The lowest BCUT2D eigenvalue weighted by atomic mass is 10.1. The molecule has 1 aliphatic rings. The lowest BCUT2D eigenvalue weighted by Gasteiger charge is -2.33. The van der Waals surface area contributed by atoms with Crippen LogP contribution in [0.2, 0.25) is 0 Å². The van der Waals surface area contributed by atoms with Gasteiger partial charge in [-0.05, 0) is 13.0 Å². The molecular weight excluding hydrogens is 322 g/mol. The molecule has 7 heteroatoms. The van der Waals surface area contributed by atoms with Crippen molar-refractivity contribution < 1.29 is 19.1 Å². The number of fused-ring (bicyclic) bond motifs is 1. The third kappa shape index (κ3) is 3.22. The number of hydrogen-bond acceptors (Lipinski definition) is 4. The summed E-state index contributed by atoms with van der Waals surface area (Å²) in [5.41, 5.74) is 1.32. The highest BCUT2D eigenvalue weighted by Crippen LogP contribution is 2.21. The molecule has 7 nitrogen and oxygen atoms in total. The summed E-state index contributed by atoms with van der Waals surface area (Å²) in [6, 6.07) is 7.50. The summed E-state index contributed by atoms with van der Waals surface area (Å²) in [5, 5.41) is 0.772. The third-order valence-corrected chi connectivity index (χ3v) is 4.43. The molecule has 2 amide bonds. The number of nitrogens with zero attached hydrogens (tertiary/aromatic N) is 3. The summed E-state index contributed by atoms with van der Waals surface area (Å²) in [5.74, 6) is -1.04. The zero-order chi connectivity index (χ0) is 18.0. The van der Waals surface area contributed by atoms with Gasteiger partial charge in [0.25, 0.3) is 11.7 Å². The zero-order valence-electron chi connectivity index (χ0n) is 14.4. The Morgan fingerprint density at radius 1 is 1.04 bits per heavy atom. The van der Waals surface area contributed by atoms with Crippen LogP contribution in [0.25, 0.3) is 10.9 Å². The Kier molecular flexibility index (Phi) is 4.74. The number of piperazine rings is 1. The standard InChI is InChI=1S/C18H21N3O4/c1-3-25-18(24)21-10-8-20(9-11-21)17(23)16(22)14-12-19(2)15-7-5-4-6-13(14)15/h4-7,12H,3,8-11H2,1-2H3. The summed E-state index contributed by atoms with van der Waals surface area (Å²) in [4.78, 5) is 40.0. The minimum Gasteiger partial charge on any atom is -0.450 e. The van der Waals surface area contributed by atoms with Crippen LogP contribution in [-0.2, 0) is 16.6 Å². The van der Waals surface area contributed by atoms with Crippen molar-refractivity contribution in [2.45, 2.75) is 6.92 Å². The van der Waals surface area contributed by atoms with E-state index in [1.54, 1.807) is 18.0 Å². The molecule has 2 heterocycles. The van der Waals surface area contributed by atoms with Crippen LogP contribution >= 0.6 is 0 Å². The Bertz CT molecular complexity index is 819. The number of para-hydroxylation sites is 1. The molecular formula is C18H21N3O4. The Hall–Kier alpha value is -2.83. The first kappa shape index (κ1) is 17.0. The van der Waals surface area contributed by atoms with E-state index in [1.807, 2.05) is 35.9 Å². The first-order valence-electron chi connectivity index (χ1n) is 8.32. The maximum atomic E-state index is 12.7. The van der Waals surface area contributed by atoms with Gasteiger partial charge in [0, 0.05) is 50.3 Å². The number of ketones is 1. The van der Waals surface area contributed by atoms with Gasteiger partial charge in [-0.25, -0.2) is 4.79 Å². The predicted octanol–water partition coefficient (Wildman–Crippen LogP) is 1.66. The number of Topliss-reactive ketones (excluding diaryl/α,β-unsaturated/α-hetero) is 1. The average molecular weight is 343 g/mol. The van der Waals surface area contributed by atoms with E-state index in [2.05, 4.69) is 0 Å². The number of carbonyl (C=O) groups excluding carboxylic acids is 3. The van der Waals surface area contributed by atoms with Crippen LogP contribution in [0, 0.1) is 0 Å². The molecule has 0 aliphatic carbocycles. The molecule has 0 radical (unpaired) electrons. The smallest absolute Gasteiger partial charge is 0.409 e. The molecule has 1 aromatic heterocycles. The molecule has 0 unspecified atom stereocenters. The number of aryl methyl sites for hydroxylation is 1. The van der Waals surface area contributed by atoms with Gasteiger partial charge in [-0.1, -0.05) is 18.2 Å². The van der Waals surface area contributed by atoms with Crippen LogP contribution in [0.1, 0.15) is 17.3 Å². The largest absolute Gasteiger partial charge is 0.450 e. The van der Waals surface area contributed by atoms with Crippen LogP contribution in [-0.4, -0.2) is 64.9 Å². The second-order valence-corrected chi connectivity index (χ2v) is 5.98. The van der Waals surface area contributed by atoms with E-state index in [0.29, 0.717) is 38.3 Å². The second kappa shape index (κ2) is 6.96. The predicted molar refractivity (Wildman–Crippen MR) is 92.4 cm³/mol. The molecule has 0 N–H and O–H groups in total. The molecule has 3 rings (SSSR count). The Morgan fingerprint density at radius 3 is 2.36 bits per heavy atom. The molecule has 0 saturated carbocycles. The van der Waals surface area contributed by atoms with Crippen LogP contribution in [0.3, 0.4) is 0 Å². The quantitative estimate of drug-likeness (QED) is 0.628. The molecule has 132 valence electrons. The summed E-state index contributed by atoms with van der Waals surface area (Å²) in [6.45, 7) is 3.46. The maximum Gasteiger partial charge on any atom is 0.409 e. The van der Waals surface area contributed by atoms with Gasteiger partial charge in [-0.15, -0.1) is 0 Å². The highest BCUT2D eigenvalue weighted by molar-refractivity contribution is 6.44. The SMILES string of the molecule is CCOC(=O)N1CCN(C(=O)C(=O)c2cn(C)c3ccccc23)CC1. The summed E-state index contributed by atoms with van der Waals surface area (Å²) in [6.07, 6.45) is 1.31. The van der Waals surface area contributed by atoms with E-state index >= 15 is 0 Å². The summed E-state index contributed by atoms with van der Waals surface area (Å²) in [7, 11) is 1.85. The van der Waals surface area contributed by atoms with Gasteiger partial charge in [-0.2, -0.15) is 0 Å². The number of benzene rings is 1. The van der Waals surface area contributed by atoms with Gasteiger partial charge < -0.3 is 19.1 Å². The molecule has 1 aliphatic heterocycles. The molecule has 25 heavy (non-hydrogen) atoms. The maximum absolute atomic E-state index is 12.7. The van der Waals surface area contributed by atoms with Gasteiger partial charge >= 0.3 is 6.09 Å². The fourth-order valence-electron chi connectivity index (χ4n) is 3.09. The monoisotopic (exact) mass is 343 g/mol. The molecule has 1 fully saturated rings. The van der Waals surface area contributed by atoms with Crippen molar-refractivity contribution in [3.63, 3.8) is 0 Å². The number of carbonyl (C=O) groups is 3. The van der Waals surface area contributed by atoms with Crippen LogP contribution < -0.4 is 0 Å². The highest BCUT2D eigenvalue weighted by atomic mass is 16.6. The van der Waals surface area contributed by atoms with Crippen molar-refractivity contribution in [3.8, 4) is 0 Å². The molecule has 0 spiro atoms. The Labute approximate surface area is 145 Å². The zero-order valence-corrected chi connectivity index (χ0v) is 14.4. The van der Waals surface area contributed by atoms with Gasteiger partial charge in [-0.3, -0.25) is 9.59 Å². The topological polar surface area (TPSA) is 71.8 Å². The molecule has 1 aromatic carbocycles. The van der Waals surface area contributed by atoms with Crippen molar-refractivity contribution in [1.29, 1.82) is 0 Å². The van der Waals surface area contributed by atoms with E-state index in [4.69, 9.17) is 4.74 Å². The summed E-state index contributed by atoms with van der Waals surface area (Å²) < 4.78 is 6.80. The minimum absolute atomic E-state index is 0.317. The normalized spacial score (nSPS) is 14.6. The number of hydrogen-bond donors (Lipinski definition) is 0. The van der Waals surface area contributed by atoms with E-state index in [-0.39, 0.29) is 6.09 Å². The minimum atomic E-state index is -0.528. The number of amides is 2. The third-order valence-electron chi connectivity index (χ3n) is 4.43.